The number of ether oxygens (including phenoxy) is 1. The molecule has 1 amide bonds. The summed E-state index contributed by atoms with van der Waals surface area (Å²) in [6.45, 7) is 4.32. The normalized spacial score (nSPS) is 16.2. The Morgan fingerprint density at radius 3 is 2.81 bits per heavy atom. The molecule has 3 rings (SSSR count). The molecule has 21 heavy (non-hydrogen) atoms. The molecule has 1 aliphatic rings. The SMILES string of the molecule is Cc1cc(C)c(C(=O)NC2COc3ccccc32)cc1N. The van der Waals surface area contributed by atoms with Gasteiger partial charge in [-0.15, -0.1) is 0 Å². The Morgan fingerprint density at radius 1 is 1.24 bits per heavy atom. The highest BCUT2D eigenvalue weighted by molar-refractivity contribution is 5.97. The Labute approximate surface area is 123 Å². The molecule has 0 saturated heterocycles. The summed E-state index contributed by atoms with van der Waals surface area (Å²) in [4.78, 5) is 12.5. The monoisotopic (exact) mass is 282 g/mol. The first-order chi connectivity index (χ1) is 10.1. The van der Waals surface area contributed by atoms with Crippen LogP contribution in [-0.2, 0) is 0 Å². The predicted octanol–water partition coefficient (Wildman–Crippen LogP) is 2.75. The minimum absolute atomic E-state index is 0.115. The maximum Gasteiger partial charge on any atom is 0.252 e. The number of para-hydroxylation sites is 1. The molecular weight excluding hydrogens is 264 g/mol. The van der Waals surface area contributed by atoms with Crippen LogP contribution in [0.1, 0.15) is 33.1 Å². The molecule has 1 heterocycles. The summed E-state index contributed by atoms with van der Waals surface area (Å²) in [6.07, 6.45) is 0. The van der Waals surface area contributed by atoms with E-state index in [1.54, 1.807) is 6.07 Å². The molecule has 0 aromatic heterocycles. The number of amides is 1. The van der Waals surface area contributed by atoms with E-state index in [2.05, 4.69) is 5.32 Å². The van der Waals surface area contributed by atoms with Crippen LogP contribution in [0.2, 0.25) is 0 Å². The van der Waals surface area contributed by atoms with Crippen LogP contribution < -0.4 is 15.8 Å². The highest BCUT2D eigenvalue weighted by Crippen LogP contribution is 2.32. The summed E-state index contributed by atoms with van der Waals surface area (Å²) in [5.74, 6) is 0.715. The van der Waals surface area contributed by atoms with Gasteiger partial charge in [-0.05, 0) is 37.1 Å². The van der Waals surface area contributed by atoms with Crippen LogP contribution >= 0.6 is 0 Å². The first-order valence-electron chi connectivity index (χ1n) is 6.95. The summed E-state index contributed by atoms with van der Waals surface area (Å²) in [5, 5.41) is 3.02. The predicted molar refractivity (Wildman–Crippen MR) is 82.5 cm³/mol. The number of rotatable bonds is 2. The summed E-state index contributed by atoms with van der Waals surface area (Å²) in [5.41, 5.74) is 10.1. The molecule has 108 valence electrons. The van der Waals surface area contributed by atoms with Gasteiger partial charge in [0, 0.05) is 16.8 Å². The van der Waals surface area contributed by atoms with Gasteiger partial charge in [-0.3, -0.25) is 4.79 Å². The van der Waals surface area contributed by atoms with E-state index in [0.29, 0.717) is 17.9 Å². The Balaban J connectivity index is 1.84. The molecule has 0 radical (unpaired) electrons. The number of hydrogen-bond acceptors (Lipinski definition) is 3. The lowest BCUT2D eigenvalue weighted by molar-refractivity contribution is 0.0929. The number of carbonyl (C=O) groups excluding carboxylic acids is 1. The fourth-order valence-corrected chi connectivity index (χ4v) is 2.63. The second-order valence-electron chi connectivity index (χ2n) is 5.40. The zero-order chi connectivity index (χ0) is 15.0. The summed E-state index contributed by atoms with van der Waals surface area (Å²) >= 11 is 0. The number of hydrogen-bond donors (Lipinski definition) is 2. The highest BCUT2D eigenvalue weighted by Gasteiger charge is 2.26. The van der Waals surface area contributed by atoms with Crippen molar-refractivity contribution in [2.24, 2.45) is 0 Å². The minimum Gasteiger partial charge on any atom is -0.491 e. The molecular formula is C17H18N2O2. The van der Waals surface area contributed by atoms with E-state index in [4.69, 9.17) is 10.5 Å². The maximum absolute atomic E-state index is 12.5. The lowest BCUT2D eigenvalue weighted by Crippen LogP contribution is -2.30. The van der Waals surface area contributed by atoms with E-state index in [-0.39, 0.29) is 11.9 Å². The third-order valence-electron chi connectivity index (χ3n) is 3.86. The van der Waals surface area contributed by atoms with Crippen LogP contribution in [0.4, 0.5) is 5.69 Å². The number of carbonyl (C=O) groups is 1. The van der Waals surface area contributed by atoms with Gasteiger partial charge in [0.1, 0.15) is 12.4 Å². The van der Waals surface area contributed by atoms with E-state index in [1.165, 1.54) is 0 Å². The van der Waals surface area contributed by atoms with E-state index >= 15 is 0 Å². The number of nitrogen functional groups attached to an aromatic ring is 1. The van der Waals surface area contributed by atoms with E-state index in [1.807, 2.05) is 44.2 Å². The standard InChI is InChI=1S/C17H18N2O2/c1-10-7-11(2)14(18)8-13(10)17(20)19-15-9-21-16-6-4-3-5-12(15)16/h3-8,15H,9,18H2,1-2H3,(H,19,20). The molecule has 0 aliphatic carbocycles. The minimum atomic E-state index is -0.121. The molecule has 3 N–H and O–H groups in total. The van der Waals surface area contributed by atoms with E-state index in [9.17, 15) is 4.79 Å². The molecule has 1 unspecified atom stereocenters. The summed E-state index contributed by atoms with van der Waals surface area (Å²) < 4.78 is 5.58. The van der Waals surface area contributed by atoms with Crippen molar-refractivity contribution in [3.63, 3.8) is 0 Å². The molecule has 0 saturated carbocycles. The van der Waals surface area contributed by atoms with Crippen LogP contribution in [-0.4, -0.2) is 12.5 Å². The highest BCUT2D eigenvalue weighted by atomic mass is 16.5. The van der Waals surface area contributed by atoms with Gasteiger partial charge in [-0.1, -0.05) is 24.3 Å². The largest absolute Gasteiger partial charge is 0.491 e. The Bertz CT molecular complexity index is 710. The number of fused-ring (bicyclic) bond motifs is 1. The molecule has 4 heteroatoms. The fraction of sp³-hybridized carbons (Fsp3) is 0.235. The average Bonchev–Trinajstić information content (AvgIpc) is 2.86. The fourth-order valence-electron chi connectivity index (χ4n) is 2.63. The number of aryl methyl sites for hydroxylation is 2. The Kier molecular flexibility index (Phi) is 3.29. The number of anilines is 1. The van der Waals surface area contributed by atoms with Crippen molar-refractivity contribution in [2.45, 2.75) is 19.9 Å². The second kappa shape index (κ2) is 5.13. The van der Waals surface area contributed by atoms with Crippen molar-refractivity contribution in [3.8, 4) is 5.75 Å². The quantitative estimate of drug-likeness (QED) is 0.832. The van der Waals surface area contributed by atoms with Gasteiger partial charge in [0.2, 0.25) is 0 Å². The zero-order valence-corrected chi connectivity index (χ0v) is 12.1. The molecule has 2 aromatic carbocycles. The van der Waals surface area contributed by atoms with Crippen LogP contribution in [0.25, 0.3) is 0 Å². The maximum atomic E-state index is 12.5. The van der Waals surface area contributed by atoms with Crippen molar-refractivity contribution >= 4 is 11.6 Å². The van der Waals surface area contributed by atoms with Crippen LogP contribution in [0.15, 0.2) is 36.4 Å². The van der Waals surface area contributed by atoms with Crippen LogP contribution in [0, 0.1) is 13.8 Å². The molecule has 0 fully saturated rings. The lowest BCUT2D eigenvalue weighted by atomic mass is 10.0. The van der Waals surface area contributed by atoms with Gasteiger partial charge in [0.15, 0.2) is 0 Å². The van der Waals surface area contributed by atoms with E-state index < -0.39 is 0 Å². The second-order valence-corrected chi connectivity index (χ2v) is 5.40. The Hall–Kier alpha value is -2.49. The average molecular weight is 282 g/mol. The van der Waals surface area contributed by atoms with Crippen molar-refractivity contribution in [1.29, 1.82) is 0 Å². The first-order valence-corrected chi connectivity index (χ1v) is 6.95. The smallest absolute Gasteiger partial charge is 0.252 e. The lowest BCUT2D eigenvalue weighted by Gasteiger charge is -2.14. The van der Waals surface area contributed by atoms with Crippen molar-refractivity contribution < 1.29 is 9.53 Å². The number of nitrogens with two attached hydrogens (primary N) is 1. The molecule has 0 bridgehead atoms. The third kappa shape index (κ3) is 2.44. The molecule has 1 atom stereocenters. The number of benzene rings is 2. The van der Waals surface area contributed by atoms with Crippen molar-refractivity contribution in [1.82, 2.24) is 5.32 Å². The zero-order valence-electron chi connectivity index (χ0n) is 12.1. The van der Waals surface area contributed by atoms with Gasteiger partial charge >= 0.3 is 0 Å². The van der Waals surface area contributed by atoms with Gasteiger partial charge in [-0.2, -0.15) is 0 Å². The molecule has 1 aliphatic heterocycles. The van der Waals surface area contributed by atoms with Gasteiger partial charge in [0.05, 0.1) is 6.04 Å². The summed E-state index contributed by atoms with van der Waals surface area (Å²) in [7, 11) is 0. The number of nitrogens with one attached hydrogen (secondary N) is 1. The van der Waals surface area contributed by atoms with E-state index in [0.717, 1.165) is 22.4 Å². The first kappa shape index (κ1) is 13.5. The van der Waals surface area contributed by atoms with Crippen LogP contribution in [0.3, 0.4) is 0 Å². The summed E-state index contributed by atoms with van der Waals surface area (Å²) in [6, 6.07) is 11.3. The molecule has 4 nitrogen and oxygen atoms in total. The van der Waals surface area contributed by atoms with Gasteiger partial charge < -0.3 is 15.8 Å². The third-order valence-corrected chi connectivity index (χ3v) is 3.86. The molecule has 0 spiro atoms. The van der Waals surface area contributed by atoms with Crippen molar-refractivity contribution in [3.05, 3.63) is 58.7 Å². The van der Waals surface area contributed by atoms with Gasteiger partial charge in [-0.25, -0.2) is 0 Å². The topological polar surface area (TPSA) is 64.3 Å². The van der Waals surface area contributed by atoms with Crippen molar-refractivity contribution in [2.75, 3.05) is 12.3 Å². The van der Waals surface area contributed by atoms with Gasteiger partial charge in [0.25, 0.3) is 5.91 Å². The molecule has 2 aromatic rings. The Morgan fingerprint density at radius 2 is 2.00 bits per heavy atom. The van der Waals surface area contributed by atoms with Crippen LogP contribution in [0.5, 0.6) is 5.75 Å².